The van der Waals surface area contributed by atoms with Crippen LogP contribution in [0.4, 0.5) is 4.39 Å². The minimum Gasteiger partial charge on any atom is -0.379 e. The monoisotopic (exact) mass is 536 g/mol. The van der Waals surface area contributed by atoms with Gasteiger partial charge in [-0.05, 0) is 59.4 Å². The van der Waals surface area contributed by atoms with E-state index in [0.29, 0.717) is 35.4 Å². The van der Waals surface area contributed by atoms with E-state index in [4.69, 9.17) is 22.1 Å². The molecule has 3 aromatic rings. The fourth-order valence-electron chi connectivity index (χ4n) is 5.12. The van der Waals surface area contributed by atoms with Crippen LogP contribution < -0.4 is 11.1 Å². The van der Waals surface area contributed by atoms with E-state index in [0.717, 1.165) is 54.9 Å². The van der Waals surface area contributed by atoms with E-state index in [1.165, 1.54) is 6.07 Å². The molecule has 2 amide bonds. The number of ether oxygens (including phenoxy) is 1. The Kier molecular flexibility index (Phi) is 7.65. The standard InChI is InChI=1S/C29H30ClFN4O3/c1-17-2-3-18(19-5-7-24(31)23(30)15-19)14-22(28(32)36)27-26(17)21-6-4-20(16-25(21)34-27)29(37)33-8-9-35-10-12-38-13-11-35/h3-7,14-17,34H,2,8-13H2,1H3,(H2,32,36)(H,33,37)/b18-3-,22-14+. The lowest BCUT2D eigenvalue weighted by atomic mass is 9.87. The van der Waals surface area contributed by atoms with Crippen molar-refractivity contribution in [3.05, 3.63) is 81.8 Å². The normalized spacial score (nSPS) is 21.0. The molecule has 1 aliphatic heterocycles. The number of benzene rings is 2. The van der Waals surface area contributed by atoms with Gasteiger partial charge in [-0.1, -0.05) is 36.7 Å². The number of nitrogens with two attached hydrogens (primary N) is 1. The number of hydrogen-bond donors (Lipinski definition) is 3. The van der Waals surface area contributed by atoms with Crippen molar-refractivity contribution in [1.82, 2.24) is 15.2 Å². The Bertz CT molecular complexity index is 1460. The van der Waals surface area contributed by atoms with Crippen LogP contribution >= 0.6 is 11.6 Å². The Labute approximate surface area is 225 Å². The molecule has 0 radical (unpaired) electrons. The first-order valence-corrected chi connectivity index (χ1v) is 13.1. The highest BCUT2D eigenvalue weighted by Crippen LogP contribution is 2.39. The van der Waals surface area contributed by atoms with Gasteiger partial charge in [0.1, 0.15) is 5.82 Å². The Balaban J connectivity index is 1.45. The van der Waals surface area contributed by atoms with Gasteiger partial charge in [-0.3, -0.25) is 14.5 Å². The average molecular weight is 537 g/mol. The number of fused-ring (bicyclic) bond motifs is 3. The van der Waals surface area contributed by atoms with E-state index in [1.54, 1.807) is 24.3 Å². The summed E-state index contributed by atoms with van der Waals surface area (Å²) < 4.78 is 19.1. The predicted octanol–water partition coefficient (Wildman–Crippen LogP) is 4.48. The third-order valence-corrected chi connectivity index (χ3v) is 7.48. The zero-order valence-corrected chi connectivity index (χ0v) is 21.9. The smallest absolute Gasteiger partial charge is 0.251 e. The highest BCUT2D eigenvalue weighted by molar-refractivity contribution is 6.31. The molecule has 2 heterocycles. The summed E-state index contributed by atoms with van der Waals surface area (Å²) >= 11 is 6.02. The molecule has 1 aliphatic carbocycles. The molecule has 4 N–H and O–H groups in total. The van der Waals surface area contributed by atoms with Crippen molar-refractivity contribution >= 4 is 45.5 Å². The zero-order valence-electron chi connectivity index (χ0n) is 21.2. The van der Waals surface area contributed by atoms with Gasteiger partial charge in [0.25, 0.3) is 11.8 Å². The maximum atomic E-state index is 13.8. The number of primary amides is 1. The van der Waals surface area contributed by atoms with Crippen molar-refractivity contribution in [3.63, 3.8) is 0 Å². The summed E-state index contributed by atoms with van der Waals surface area (Å²) in [6, 6.07) is 10.0. The number of halogens is 2. The van der Waals surface area contributed by atoms with Crippen LogP contribution in [0.1, 0.15) is 46.4 Å². The molecule has 5 rings (SSSR count). The Morgan fingerprint density at radius 3 is 2.74 bits per heavy atom. The van der Waals surface area contributed by atoms with Crippen LogP contribution in [0.25, 0.3) is 22.0 Å². The molecule has 2 aromatic carbocycles. The van der Waals surface area contributed by atoms with E-state index in [-0.39, 0.29) is 16.8 Å². The molecule has 38 heavy (non-hydrogen) atoms. The van der Waals surface area contributed by atoms with Gasteiger partial charge in [-0.15, -0.1) is 0 Å². The number of aromatic nitrogens is 1. The molecular formula is C29H30ClFN4O3. The summed E-state index contributed by atoms with van der Waals surface area (Å²) in [4.78, 5) is 31.1. The summed E-state index contributed by atoms with van der Waals surface area (Å²) in [5, 5.41) is 3.94. The molecule has 0 bridgehead atoms. The molecule has 1 unspecified atom stereocenters. The summed E-state index contributed by atoms with van der Waals surface area (Å²) in [5.74, 6) is -1.21. The second-order valence-electron chi connectivity index (χ2n) is 9.73. The minimum atomic E-state index is -0.591. The molecule has 0 spiro atoms. The van der Waals surface area contributed by atoms with Gasteiger partial charge in [0, 0.05) is 42.6 Å². The van der Waals surface area contributed by atoms with Gasteiger partial charge in [0.05, 0.1) is 29.5 Å². The van der Waals surface area contributed by atoms with E-state index >= 15 is 0 Å². The van der Waals surface area contributed by atoms with Gasteiger partial charge in [0.2, 0.25) is 0 Å². The summed E-state index contributed by atoms with van der Waals surface area (Å²) in [6.07, 6.45) is 4.40. The van der Waals surface area contributed by atoms with Crippen LogP contribution in [0.2, 0.25) is 5.02 Å². The average Bonchev–Trinajstić information content (AvgIpc) is 3.27. The molecule has 7 nitrogen and oxygen atoms in total. The van der Waals surface area contributed by atoms with Crippen molar-refractivity contribution in [2.24, 2.45) is 5.73 Å². The third-order valence-electron chi connectivity index (χ3n) is 7.19. The van der Waals surface area contributed by atoms with Crippen molar-refractivity contribution in [3.8, 4) is 0 Å². The van der Waals surface area contributed by atoms with E-state index in [1.807, 2.05) is 18.2 Å². The number of hydrogen-bond acceptors (Lipinski definition) is 4. The quantitative estimate of drug-likeness (QED) is 0.432. The number of rotatable bonds is 6. The lowest BCUT2D eigenvalue weighted by Gasteiger charge is -2.26. The topological polar surface area (TPSA) is 100 Å². The Morgan fingerprint density at radius 2 is 2.00 bits per heavy atom. The Morgan fingerprint density at radius 1 is 1.21 bits per heavy atom. The van der Waals surface area contributed by atoms with Crippen molar-refractivity contribution in [2.45, 2.75) is 19.3 Å². The second-order valence-corrected chi connectivity index (χ2v) is 10.1. The largest absolute Gasteiger partial charge is 0.379 e. The second kappa shape index (κ2) is 11.1. The number of nitrogens with zero attached hydrogens (tertiary/aromatic N) is 1. The number of nitrogens with one attached hydrogen (secondary N) is 2. The van der Waals surface area contributed by atoms with Crippen LogP contribution in [-0.4, -0.2) is 61.1 Å². The zero-order chi connectivity index (χ0) is 26.8. The molecule has 9 heteroatoms. The highest BCUT2D eigenvalue weighted by Gasteiger charge is 2.25. The highest BCUT2D eigenvalue weighted by atomic mass is 35.5. The van der Waals surface area contributed by atoms with Crippen LogP contribution in [0.5, 0.6) is 0 Å². The molecular weight excluding hydrogens is 507 g/mol. The molecule has 0 saturated carbocycles. The van der Waals surface area contributed by atoms with Crippen LogP contribution in [0.3, 0.4) is 0 Å². The maximum absolute atomic E-state index is 13.8. The minimum absolute atomic E-state index is 0.00888. The molecule has 1 saturated heterocycles. The lowest BCUT2D eigenvalue weighted by Crippen LogP contribution is -2.41. The third kappa shape index (κ3) is 5.38. The van der Waals surface area contributed by atoms with E-state index < -0.39 is 11.7 Å². The molecule has 1 atom stereocenters. The van der Waals surface area contributed by atoms with E-state index in [2.05, 4.69) is 22.1 Å². The number of carbonyl (C=O) groups is 2. The number of H-pyrrole nitrogens is 1. The fourth-order valence-corrected chi connectivity index (χ4v) is 5.30. The first-order chi connectivity index (χ1) is 18.3. The van der Waals surface area contributed by atoms with Gasteiger partial charge in [-0.2, -0.15) is 0 Å². The van der Waals surface area contributed by atoms with Gasteiger partial charge >= 0.3 is 0 Å². The van der Waals surface area contributed by atoms with Gasteiger partial charge in [0.15, 0.2) is 0 Å². The van der Waals surface area contributed by atoms with Crippen LogP contribution in [0, 0.1) is 5.82 Å². The van der Waals surface area contributed by atoms with Gasteiger partial charge in [-0.25, -0.2) is 4.39 Å². The maximum Gasteiger partial charge on any atom is 0.251 e. The molecule has 198 valence electrons. The van der Waals surface area contributed by atoms with Crippen molar-refractivity contribution < 1.29 is 18.7 Å². The Hall–Kier alpha value is -3.46. The summed E-state index contributed by atoms with van der Waals surface area (Å²) in [5.41, 5.74) is 10.5. The van der Waals surface area contributed by atoms with Crippen LogP contribution in [0.15, 0.2) is 48.6 Å². The lowest BCUT2D eigenvalue weighted by molar-refractivity contribution is -0.112. The number of carbonyl (C=O) groups excluding carboxylic acids is 2. The number of allylic oxidation sites excluding steroid dienone is 3. The fraction of sp³-hybridized carbons (Fsp3) is 0.310. The SMILES string of the molecule is CC1C/C=C(c2ccc(F)c(Cl)c2)/C=C(/C(N)=O)c2[nH]c3cc(C(=O)NCCN4CCOCC4)ccc3c21. The van der Waals surface area contributed by atoms with Crippen molar-refractivity contribution in [2.75, 3.05) is 39.4 Å². The molecule has 1 fully saturated rings. The van der Waals surface area contributed by atoms with Gasteiger partial charge < -0.3 is 20.8 Å². The van der Waals surface area contributed by atoms with Crippen molar-refractivity contribution in [1.29, 1.82) is 0 Å². The number of amides is 2. The predicted molar refractivity (Wildman–Crippen MR) is 147 cm³/mol. The molecule has 1 aromatic heterocycles. The number of morpholine rings is 1. The first-order valence-electron chi connectivity index (χ1n) is 12.7. The summed E-state index contributed by atoms with van der Waals surface area (Å²) in [7, 11) is 0. The van der Waals surface area contributed by atoms with Crippen LogP contribution in [-0.2, 0) is 9.53 Å². The van der Waals surface area contributed by atoms with E-state index in [9.17, 15) is 14.0 Å². The summed E-state index contributed by atoms with van der Waals surface area (Å²) in [6.45, 7) is 6.57. The number of aromatic amines is 1. The molecule has 2 aliphatic rings. The first kappa shape index (κ1) is 26.2.